The van der Waals surface area contributed by atoms with Crippen LogP contribution in [0, 0.1) is 40.2 Å². The first kappa shape index (κ1) is 61.9. The standard InChI is InChI=1S/C46H52F5N7O4.C9H14F3NO3/c1-28(2)58-33-16-17-34(58)27-57(26-33)41-18-15-31(23-54-41)14-11-29-9-12-30(13-10-29)20-39(55-43(60)42(56-44(61)62-5)45(3,4)46(49,50)51)40(59)25-52-24-35-36(47)21-32(22-37(35)48)38-8-6-7-19-53-38;1-8(2,9(10,11)12)5(7(13)15)4-6(14)16-3/h6-10,12-13,15,18-19,21-23,28,33-34,39-40,42,52,59H,16-17,20,24-27H2,1-5H3,(H,55,60)(H,56,61);5H,4H2,1-3H3,(H2,13,15)/t33?,34?,39-,40-,42+;5-/m01/s1. The van der Waals surface area contributed by atoms with Gasteiger partial charge in [-0.2, -0.15) is 26.3 Å². The van der Waals surface area contributed by atoms with Gasteiger partial charge in [0.25, 0.3) is 0 Å². The number of nitrogens with zero attached hydrogens (tertiary/aromatic N) is 4. The Morgan fingerprint density at radius 3 is 1.90 bits per heavy atom. The van der Waals surface area contributed by atoms with Crippen LogP contribution in [0.3, 0.4) is 0 Å². The van der Waals surface area contributed by atoms with E-state index in [1.807, 2.05) is 17.4 Å². The second-order valence-corrected chi connectivity index (χ2v) is 20.6. The van der Waals surface area contributed by atoms with Crippen LogP contribution in [0.25, 0.3) is 11.3 Å². The molecule has 6 N–H and O–H groups in total. The number of aliphatic hydroxyl groups excluding tert-OH is 1. The Labute approximate surface area is 448 Å². The molecule has 6 atom stereocenters. The molecule has 2 aromatic heterocycles. The van der Waals surface area contributed by atoms with Gasteiger partial charge >= 0.3 is 24.4 Å². The van der Waals surface area contributed by atoms with Crippen LogP contribution in [0.4, 0.5) is 45.7 Å². The number of esters is 1. The lowest BCUT2D eigenvalue weighted by Crippen LogP contribution is -2.62. The van der Waals surface area contributed by atoms with Crippen molar-refractivity contribution in [3.8, 4) is 23.1 Å². The minimum absolute atomic E-state index is 0.0836. The van der Waals surface area contributed by atoms with E-state index in [1.165, 1.54) is 19.0 Å². The predicted molar refractivity (Wildman–Crippen MR) is 274 cm³/mol. The van der Waals surface area contributed by atoms with Crippen molar-refractivity contribution in [2.45, 2.75) is 122 Å². The highest BCUT2D eigenvalue weighted by Gasteiger charge is 2.56. The predicted octanol–water partition coefficient (Wildman–Crippen LogP) is 7.61. The SMILES string of the molecule is COC(=O)C[C@H](C(N)=O)C(C)(C)C(F)(F)F.COC(=O)N[C@H](C(=O)N[C@@H](Cc1ccc(C#Cc2ccc(N3CC4CCC(C3)N4C(C)C)nc2)cc1)[C@@H](O)CNCc1c(F)cc(-c2ccccn2)cc1F)C(C)(C)C(F)(F)F. The summed E-state index contributed by atoms with van der Waals surface area (Å²) in [6.45, 7) is 8.83. The van der Waals surface area contributed by atoms with Gasteiger partial charge < -0.3 is 41.2 Å². The third kappa shape index (κ3) is 15.6. The lowest BCUT2D eigenvalue weighted by molar-refractivity contribution is -0.229. The summed E-state index contributed by atoms with van der Waals surface area (Å²) in [6, 6.07) is 16.2. The molecular formula is C55H66F8N8O7. The summed E-state index contributed by atoms with van der Waals surface area (Å²) >= 11 is 0. The Morgan fingerprint density at radius 2 is 1.40 bits per heavy atom. The maximum atomic E-state index is 15.1. The van der Waals surface area contributed by atoms with Gasteiger partial charge in [0.2, 0.25) is 11.8 Å². The Morgan fingerprint density at radius 1 is 0.808 bits per heavy atom. The normalized spacial score (nSPS) is 17.3. The van der Waals surface area contributed by atoms with Crippen molar-refractivity contribution >= 4 is 29.7 Å². The van der Waals surface area contributed by atoms with E-state index < -0.39 is 89.2 Å². The summed E-state index contributed by atoms with van der Waals surface area (Å²) < 4.78 is 119. The Hall–Kier alpha value is -6.90. The number of hydrogen-bond donors (Lipinski definition) is 5. The van der Waals surface area contributed by atoms with Gasteiger partial charge in [-0.25, -0.2) is 18.6 Å². The largest absolute Gasteiger partial charge is 0.469 e. The van der Waals surface area contributed by atoms with E-state index in [2.05, 4.69) is 60.6 Å². The van der Waals surface area contributed by atoms with E-state index in [0.717, 1.165) is 78.5 Å². The van der Waals surface area contributed by atoms with Crippen LogP contribution in [0.2, 0.25) is 0 Å². The van der Waals surface area contributed by atoms with Gasteiger partial charge in [-0.1, -0.05) is 43.9 Å². The molecule has 0 aliphatic carbocycles. The first-order valence-corrected chi connectivity index (χ1v) is 25.0. The molecule has 2 fully saturated rings. The number of halogens is 8. The number of methoxy groups -OCH3 is 2. The van der Waals surface area contributed by atoms with Crippen LogP contribution >= 0.6 is 0 Å². The summed E-state index contributed by atoms with van der Waals surface area (Å²) in [4.78, 5) is 61.4. The van der Waals surface area contributed by atoms with Gasteiger partial charge in [-0.15, -0.1) is 0 Å². The lowest BCUT2D eigenvalue weighted by Gasteiger charge is -2.43. The summed E-state index contributed by atoms with van der Waals surface area (Å²) in [6.07, 6.45) is -7.46. The molecule has 2 aliphatic rings. The summed E-state index contributed by atoms with van der Waals surface area (Å²) in [5.74, 6) is 0.483. The number of alkyl halides is 6. The average Bonchev–Trinajstić information content (AvgIpc) is 3.72. The van der Waals surface area contributed by atoms with Gasteiger partial charge in [-0.05, 0) is 101 Å². The Balaban J connectivity index is 0.000000605. The number of pyridine rings is 2. The number of benzene rings is 2. The number of primary amides is 1. The number of alkyl carbamates (subject to hydrolysis) is 1. The number of nitrogens with two attached hydrogens (primary N) is 1. The number of aromatic nitrogens is 2. The second kappa shape index (κ2) is 26.2. The minimum atomic E-state index is -4.94. The summed E-state index contributed by atoms with van der Waals surface area (Å²) in [5, 5.41) is 18.6. The first-order chi connectivity index (χ1) is 36.5. The van der Waals surface area contributed by atoms with Crippen molar-refractivity contribution in [1.82, 2.24) is 30.8 Å². The Bertz CT molecular complexity index is 2720. The number of aliphatic hydroxyl groups is 1. The van der Waals surface area contributed by atoms with Crippen LogP contribution in [0.1, 0.15) is 83.1 Å². The van der Waals surface area contributed by atoms with E-state index in [0.29, 0.717) is 34.9 Å². The topological polar surface area (TPSA) is 201 Å². The number of anilines is 1. The van der Waals surface area contributed by atoms with Crippen LogP contribution < -0.4 is 26.6 Å². The van der Waals surface area contributed by atoms with Crippen LogP contribution in [-0.4, -0.2) is 126 Å². The zero-order chi connectivity index (χ0) is 57.9. The molecular weight excluding hydrogens is 1040 g/mol. The number of piperazine rings is 1. The number of ether oxygens (including phenoxy) is 2. The van der Waals surface area contributed by atoms with E-state index >= 15 is 8.78 Å². The molecule has 2 aromatic carbocycles. The van der Waals surface area contributed by atoms with Crippen LogP contribution in [-0.2, 0) is 36.8 Å². The van der Waals surface area contributed by atoms with Crippen molar-refractivity contribution in [3.05, 3.63) is 113 Å². The maximum Gasteiger partial charge on any atom is 0.407 e. The fourth-order valence-corrected chi connectivity index (χ4v) is 9.30. The van der Waals surface area contributed by atoms with Crippen molar-refractivity contribution in [3.63, 3.8) is 0 Å². The number of nitrogens with one attached hydrogen (secondary N) is 3. The highest BCUT2D eigenvalue weighted by Crippen LogP contribution is 2.45. The van der Waals surface area contributed by atoms with Gasteiger partial charge in [0, 0.05) is 79.0 Å². The molecule has 0 spiro atoms. The Kier molecular flexibility index (Phi) is 20.8. The highest BCUT2D eigenvalue weighted by molar-refractivity contribution is 5.87. The van der Waals surface area contributed by atoms with Crippen molar-refractivity contribution in [1.29, 1.82) is 0 Å². The molecule has 0 radical (unpaired) electrons. The summed E-state index contributed by atoms with van der Waals surface area (Å²) in [5.41, 5.74) is 1.96. The van der Waals surface area contributed by atoms with Crippen molar-refractivity contribution < 1.29 is 68.9 Å². The molecule has 0 saturated carbocycles. The third-order valence-corrected chi connectivity index (χ3v) is 14.2. The number of rotatable bonds is 18. The molecule has 78 heavy (non-hydrogen) atoms. The van der Waals surface area contributed by atoms with Gasteiger partial charge in [0.1, 0.15) is 23.5 Å². The molecule has 2 unspecified atom stereocenters. The first-order valence-electron chi connectivity index (χ1n) is 25.0. The quantitative estimate of drug-likeness (QED) is 0.0372. The van der Waals surface area contributed by atoms with Crippen molar-refractivity contribution in [2.24, 2.45) is 22.5 Å². The number of carbonyl (C=O) groups is 4. The number of hydrogen-bond acceptors (Lipinski definition) is 12. The average molecular weight is 1100 g/mol. The second-order valence-electron chi connectivity index (χ2n) is 20.6. The molecule has 3 amide bonds. The number of amides is 3. The zero-order valence-electron chi connectivity index (χ0n) is 44.5. The van der Waals surface area contributed by atoms with Crippen molar-refractivity contribution in [2.75, 3.05) is 38.8 Å². The molecule has 2 aliphatic heterocycles. The highest BCUT2D eigenvalue weighted by atomic mass is 19.4. The van der Waals surface area contributed by atoms with Gasteiger partial charge in [0.05, 0.1) is 55.2 Å². The number of carbonyl (C=O) groups excluding carboxylic acids is 4. The monoisotopic (exact) mass is 1100 g/mol. The van der Waals surface area contributed by atoms with Crippen LogP contribution in [0.5, 0.6) is 0 Å². The molecule has 6 rings (SSSR count). The van der Waals surface area contributed by atoms with Crippen LogP contribution in [0.15, 0.2) is 79.1 Å². The minimum Gasteiger partial charge on any atom is -0.469 e. The number of fused-ring (bicyclic) bond motifs is 2. The molecule has 2 saturated heterocycles. The summed E-state index contributed by atoms with van der Waals surface area (Å²) in [7, 11) is 1.97. The fourth-order valence-electron chi connectivity index (χ4n) is 9.30. The molecule has 15 nitrogen and oxygen atoms in total. The third-order valence-electron chi connectivity index (χ3n) is 14.2. The maximum absolute atomic E-state index is 15.1. The van der Waals surface area contributed by atoms with E-state index in [4.69, 9.17) is 10.7 Å². The molecule has 424 valence electrons. The smallest absolute Gasteiger partial charge is 0.407 e. The molecule has 2 bridgehead atoms. The van der Waals surface area contributed by atoms with E-state index in [-0.39, 0.29) is 30.6 Å². The zero-order valence-corrected chi connectivity index (χ0v) is 44.5. The molecule has 4 heterocycles. The van der Waals surface area contributed by atoms with Gasteiger partial charge in [-0.3, -0.25) is 24.3 Å². The lowest BCUT2D eigenvalue weighted by atomic mass is 9.76. The molecule has 4 aromatic rings. The fraction of sp³-hybridized carbons (Fsp3) is 0.491. The van der Waals surface area contributed by atoms with E-state index in [9.17, 15) is 50.6 Å². The van der Waals surface area contributed by atoms with Gasteiger partial charge in [0.15, 0.2) is 0 Å². The van der Waals surface area contributed by atoms with E-state index in [1.54, 1.807) is 48.7 Å². The molecule has 23 heteroatoms.